The van der Waals surface area contributed by atoms with E-state index in [1.807, 2.05) is 0 Å². The maximum absolute atomic E-state index is 11.8. The summed E-state index contributed by atoms with van der Waals surface area (Å²) in [5, 5.41) is 8.04. The number of hydrogen-bond acceptors (Lipinski definition) is 8. The molecule has 2 aromatic rings. The van der Waals surface area contributed by atoms with Crippen molar-refractivity contribution < 1.29 is 14.3 Å². The Labute approximate surface area is 122 Å². The predicted molar refractivity (Wildman–Crippen MR) is 75.2 cm³/mol. The molecule has 2 rings (SSSR count). The Kier molecular flexibility index (Phi) is 4.53. The maximum Gasteiger partial charge on any atom is 0.350 e. The van der Waals surface area contributed by atoms with Crippen molar-refractivity contribution in [2.45, 2.75) is 6.92 Å². The summed E-state index contributed by atoms with van der Waals surface area (Å²) in [6.45, 7) is 5.26. The Hall–Kier alpha value is -2.13. The third kappa shape index (κ3) is 3.25. The van der Waals surface area contributed by atoms with Gasteiger partial charge in [-0.1, -0.05) is 28.5 Å². The van der Waals surface area contributed by atoms with E-state index in [0.29, 0.717) is 15.7 Å². The van der Waals surface area contributed by atoms with E-state index in [4.69, 9.17) is 4.74 Å². The fourth-order valence-electron chi connectivity index (χ4n) is 1.26. The number of aromatic nitrogens is 3. The van der Waals surface area contributed by atoms with Gasteiger partial charge in [0.1, 0.15) is 11.5 Å². The zero-order valence-corrected chi connectivity index (χ0v) is 12.1. The van der Waals surface area contributed by atoms with Gasteiger partial charge in [0.2, 0.25) is 0 Å². The largest absolute Gasteiger partial charge is 0.457 e. The van der Waals surface area contributed by atoms with Crippen LogP contribution in [0.1, 0.15) is 25.9 Å². The molecule has 0 atom stereocenters. The first-order valence-corrected chi connectivity index (χ1v) is 7.11. The Morgan fingerprint density at radius 1 is 1.55 bits per heavy atom. The van der Waals surface area contributed by atoms with Crippen LogP contribution in [0.3, 0.4) is 0 Å². The van der Waals surface area contributed by atoms with Gasteiger partial charge in [-0.15, -0.1) is 5.10 Å². The highest BCUT2D eigenvalue weighted by molar-refractivity contribution is 7.17. The van der Waals surface area contributed by atoms with Crippen LogP contribution in [0.25, 0.3) is 0 Å². The Bertz CT molecular complexity index is 636. The molecule has 7 nitrogen and oxygen atoms in total. The van der Waals surface area contributed by atoms with Crippen LogP contribution in [0.2, 0.25) is 0 Å². The summed E-state index contributed by atoms with van der Waals surface area (Å²) in [4.78, 5) is 27.9. The highest BCUT2D eigenvalue weighted by atomic mass is 32.1. The maximum atomic E-state index is 11.8. The third-order valence-electron chi connectivity index (χ3n) is 2.13. The first-order chi connectivity index (χ1) is 9.61. The normalized spacial score (nSPS) is 10.1. The minimum absolute atomic E-state index is 0.127. The number of hydrogen-bond donors (Lipinski definition) is 1. The second-order valence-corrected chi connectivity index (χ2v) is 5.17. The fourth-order valence-corrected chi connectivity index (χ4v) is 2.56. The summed E-state index contributed by atoms with van der Waals surface area (Å²) in [7, 11) is 0. The second kappa shape index (κ2) is 6.35. The van der Waals surface area contributed by atoms with Crippen LogP contribution in [0.4, 0.5) is 5.13 Å². The van der Waals surface area contributed by atoms with Gasteiger partial charge in [0.25, 0.3) is 5.91 Å². The molecular weight excluding hydrogens is 300 g/mol. The molecule has 2 heterocycles. The van der Waals surface area contributed by atoms with E-state index in [0.717, 1.165) is 22.9 Å². The van der Waals surface area contributed by atoms with Gasteiger partial charge in [0.15, 0.2) is 10.8 Å². The summed E-state index contributed by atoms with van der Waals surface area (Å²) in [6.07, 6.45) is 1.48. The molecule has 9 heteroatoms. The summed E-state index contributed by atoms with van der Waals surface area (Å²) in [5.41, 5.74) is 0.703. The summed E-state index contributed by atoms with van der Waals surface area (Å²) in [5.74, 6) is -0.908. The zero-order valence-electron chi connectivity index (χ0n) is 10.5. The second-order valence-electron chi connectivity index (χ2n) is 3.56. The number of anilines is 1. The topological polar surface area (TPSA) is 94.1 Å². The van der Waals surface area contributed by atoms with Crippen LogP contribution in [-0.4, -0.2) is 33.1 Å². The minimum Gasteiger partial charge on any atom is -0.457 e. The standard InChI is InChI=1S/C11H10N4O3S2/c1-3-4-18-10(17)8-6(2)12-11(20-8)13-9(16)7-5-19-15-14-7/h3,5H,1,4H2,2H3,(H,12,13,16). The molecule has 0 aromatic carbocycles. The van der Waals surface area contributed by atoms with Crippen molar-refractivity contribution in [3.05, 3.63) is 34.3 Å². The van der Waals surface area contributed by atoms with E-state index in [1.54, 1.807) is 6.92 Å². The van der Waals surface area contributed by atoms with Crippen molar-refractivity contribution in [1.29, 1.82) is 0 Å². The van der Waals surface area contributed by atoms with Crippen molar-refractivity contribution in [2.24, 2.45) is 0 Å². The van der Waals surface area contributed by atoms with Crippen LogP contribution in [0.15, 0.2) is 18.0 Å². The van der Waals surface area contributed by atoms with Gasteiger partial charge in [0, 0.05) is 5.38 Å². The van der Waals surface area contributed by atoms with E-state index >= 15 is 0 Å². The van der Waals surface area contributed by atoms with Crippen molar-refractivity contribution >= 4 is 39.9 Å². The van der Waals surface area contributed by atoms with Crippen LogP contribution in [0.5, 0.6) is 0 Å². The lowest BCUT2D eigenvalue weighted by atomic mass is 10.4. The predicted octanol–water partition coefficient (Wildman–Crippen LogP) is 1.90. The SMILES string of the molecule is C=CCOC(=O)c1sc(NC(=O)c2csnn2)nc1C. The number of carbonyl (C=O) groups excluding carboxylic acids is 2. The monoisotopic (exact) mass is 310 g/mol. The van der Waals surface area contributed by atoms with E-state index in [2.05, 4.69) is 26.5 Å². The lowest BCUT2D eigenvalue weighted by Gasteiger charge is -1.98. The molecule has 0 unspecified atom stereocenters. The Balaban J connectivity index is 2.09. The van der Waals surface area contributed by atoms with Crippen LogP contribution < -0.4 is 5.32 Å². The number of nitrogens with zero attached hydrogens (tertiary/aromatic N) is 3. The van der Waals surface area contributed by atoms with Gasteiger partial charge in [-0.05, 0) is 18.5 Å². The first-order valence-electron chi connectivity index (χ1n) is 5.45. The number of thiazole rings is 1. The van der Waals surface area contributed by atoms with Gasteiger partial charge in [-0.3, -0.25) is 10.1 Å². The average molecular weight is 310 g/mol. The summed E-state index contributed by atoms with van der Waals surface area (Å²) >= 11 is 2.13. The molecule has 0 bridgehead atoms. The molecule has 1 N–H and O–H groups in total. The Morgan fingerprint density at radius 3 is 3.00 bits per heavy atom. The first kappa shape index (κ1) is 14.3. The number of rotatable bonds is 5. The number of esters is 1. The van der Waals surface area contributed by atoms with Crippen molar-refractivity contribution in [2.75, 3.05) is 11.9 Å². The number of ether oxygens (including phenoxy) is 1. The molecule has 0 spiro atoms. The van der Waals surface area contributed by atoms with Gasteiger partial charge in [0.05, 0.1) is 5.69 Å². The molecule has 1 amide bonds. The van der Waals surface area contributed by atoms with E-state index < -0.39 is 11.9 Å². The number of nitrogens with one attached hydrogen (secondary N) is 1. The van der Waals surface area contributed by atoms with Crippen LogP contribution in [0, 0.1) is 6.92 Å². The zero-order chi connectivity index (χ0) is 14.5. The molecule has 2 aromatic heterocycles. The lowest BCUT2D eigenvalue weighted by Crippen LogP contribution is -2.12. The molecule has 0 aliphatic rings. The number of aryl methyl sites for hydroxylation is 1. The molecule has 0 radical (unpaired) electrons. The molecule has 0 aliphatic heterocycles. The molecule has 0 fully saturated rings. The van der Waals surface area contributed by atoms with Gasteiger partial charge in [-0.2, -0.15) is 0 Å². The van der Waals surface area contributed by atoms with Crippen molar-refractivity contribution in [1.82, 2.24) is 14.6 Å². The van der Waals surface area contributed by atoms with Crippen molar-refractivity contribution in [3.63, 3.8) is 0 Å². The minimum atomic E-state index is -0.490. The van der Waals surface area contributed by atoms with Gasteiger partial charge in [-0.25, -0.2) is 9.78 Å². The lowest BCUT2D eigenvalue weighted by molar-refractivity contribution is 0.0554. The van der Waals surface area contributed by atoms with E-state index in [1.165, 1.54) is 11.5 Å². The Morgan fingerprint density at radius 2 is 2.35 bits per heavy atom. The number of amides is 1. The van der Waals surface area contributed by atoms with Crippen LogP contribution >= 0.6 is 22.9 Å². The smallest absolute Gasteiger partial charge is 0.350 e. The molecular formula is C11H10N4O3S2. The summed E-state index contributed by atoms with van der Waals surface area (Å²) < 4.78 is 8.53. The van der Waals surface area contributed by atoms with E-state index in [9.17, 15) is 9.59 Å². The molecule has 20 heavy (non-hydrogen) atoms. The van der Waals surface area contributed by atoms with Gasteiger partial charge >= 0.3 is 5.97 Å². The fraction of sp³-hybridized carbons (Fsp3) is 0.182. The highest BCUT2D eigenvalue weighted by Gasteiger charge is 2.18. The number of carbonyl (C=O) groups is 2. The molecule has 0 aliphatic carbocycles. The molecule has 0 saturated carbocycles. The quantitative estimate of drug-likeness (QED) is 0.669. The highest BCUT2D eigenvalue weighted by Crippen LogP contribution is 2.23. The molecule has 0 saturated heterocycles. The van der Waals surface area contributed by atoms with Crippen molar-refractivity contribution in [3.8, 4) is 0 Å². The van der Waals surface area contributed by atoms with Gasteiger partial charge < -0.3 is 4.74 Å². The third-order valence-corrected chi connectivity index (χ3v) is 3.68. The average Bonchev–Trinajstić information content (AvgIpc) is 3.05. The molecule has 104 valence electrons. The summed E-state index contributed by atoms with van der Waals surface area (Å²) in [6, 6.07) is 0. The van der Waals surface area contributed by atoms with E-state index in [-0.39, 0.29) is 12.3 Å². The van der Waals surface area contributed by atoms with Crippen LogP contribution in [-0.2, 0) is 4.74 Å².